The molecule has 1 aliphatic heterocycles. The van der Waals surface area contributed by atoms with Gasteiger partial charge in [0.1, 0.15) is 23.1 Å². The summed E-state index contributed by atoms with van der Waals surface area (Å²) in [6.45, 7) is 5.86. The second-order valence-corrected chi connectivity index (χ2v) is 8.78. The van der Waals surface area contributed by atoms with Crippen LogP contribution in [-0.2, 0) is 6.42 Å². The van der Waals surface area contributed by atoms with Crippen molar-refractivity contribution in [3.05, 3.63) is 77.5 Å². The topological polar surface area (TPSA) is 55.0 Å². The first-order valence-corrected chi connectivity index (χ1v) is 10.9. The van der Waals surface area contributed by atoms with E-state index >= 15 is 0 Å². The minimum Gasteiger partial charge on any atom is -0.369 e. The fourth-order valence-corrected chi connectivity index (χ4v) is 4.55. The Balaban J connectivity index is 1.63. The second-order valence-electron chi connectivity index (χ2n) is 8.78. The van der Waals surface area contributed by atoms with Gasteiger partial charge in [0, 0.05) is 48.8 Å². The van der Waals surface area contributed by atoms with Gasteiger partial charge < -0.3 is 10.6 Å². The lowest BCUT2D eigenvalue weighted by Gasteiger charge is -2.37. The molecule has 1 aliphatic rings. The summed E-state index contributed by atoms with van der Waals surface area (Å²) in [4.78, 5) is 10.9. The van der Waals surface area contributed by atoms with Crippen LogP contribution in [0.15, 0.2) is 48.8 Å². The Kier molecular flexibility index (Phi) is 6.46. The van der Waals surface area contributed by atoms with Crippen LogP contribution in [0.5, 0.6) is 0 Å². The van der Waals surface area contributed by atoms with Gasteiger partial charge in [0.05, 0.1) is 5.56 Å². The van der Waals surface area contributed by atoms with Gasteiger partial charge >= 0.3 is 0 Å². The van der Waals surface area contributed by atoms with E-state index in [1.165, 1.54) is 12.1 Å². The van der Waals surface area contributed by atoms with E-state index in [-0.39, 0.29) is 17.7 Å². The van der Waals surface area contributed by atoms with Gasteiger partial charge in [0.25, 0.3) is 0 Å². The Morgan fingerprint density at radius 3 is 2.53 bits per heavy atom. The van der Waals surface area contributed by atoms with Gasteiger partial charge in [-0.3, -0.25) is 4.98 Å². The molecule has 3 heterocycles. The van der Waals surface area contributed by atoms with Gasteiger partial charge in [-0.25, -0.2) is 18.2 Å². The summed E-state index contributed by atoms with van der Waals surface area (Å²) in [6, 6.07) is 8.34. The van der Waals surface area contributed by atoms with Crippen molar-refractivity contribution in [3.63, 3.8) is 0 Å². The molecule has 1 unspecified atom stereocenters. The van der Waals surface area contributed by atoms with Gasteiger partial charge in [-0.15, -0.1) is 0 Å². The summed E-state index contributed by atoms with van der Waals surface area (Å²) in [5, 5.41) is 0. The van der Waals surface area contributed by atoms with Gasteiger partial charge in [-0.1, -0.05) is 19.9 Å². The summed E-state index contributed by atoms with van der Waals surface area (Å²) in [5.74, 6) is -2.07. The number of benzene rings is 1. The van der Waals surface area contributed by atoms with Gasteiger partial charge in [-0.05, 0) is 54.7 Å². The molecule has 2 aromatic heterocycles. The molecular formula is C25H27F3N4. The third kappa shape index (κ3) is 4.63. The zero-order valence-electron chi connectivity index (χ0n) is 18.2. The molecule has 2 N–H and O–H groups in total. The summed E-state index contributed by atoms with van der Waals surface area (Å²) < 4.78 is 43.0. The molecule has 32 heavy (non-hydrogen) atoms. The van der Waals surface area contributed by atoms with Crippen LogP contribution >= 0.6 is 0 Å². The maximum absolute atomic E-state index is 14.5. The SMILES string of the molecule is CC(Cc1cnccc1N1C[C@H](C)C[C@H](N)C1)c1ccc(F)c(-c2c(F)cccc2F)n1. The Labute approximate surface area is 186 Å². The fourth-order valence-electron chi connectivity index (χ4n) is 4.55. The normalized spacial score (nSPS) is 19.8. The van der Waals surface area contributed by atoms with Crippen molar-refractivity contribution in [2.45, 2.75) is 38.6 Å². The number of piperidine rings is 1. The lowest BCUT2D eigenvalue weighted by molar-refractivity contribution is 0.401. The van der Waals surface area contributed by atoms with E-state index in [0.717, 1.165) is 42.9 Å². The van der Waals surface area contributed by atoms with E-state index in [2.05, 4.69) is 21.8 Å². The molecule has 0 aliphatic carbocycles. The average Bonchev–Trinajstić information content (AvgIpc) is 2.74. The zero-order valence-corrected chi connectivity index (χ0v) is 18.2. The molecule has 4 rings (SSSR count). The first kappa shape index (κ1) is 22.3. The summed E-state index contributed by atoms with van der Waals surface area (Å²) in [7, 11) is 0. The molecule has 0 radical (unpaired) electrons. The maximum Gasteiger partial charge on any atom is 0.149 e. The first-order valence-electron chi connectivity index (χ1n) is 10.9. The van der Waals surface area contributed by atoms with E-state index in [4.69, 9.17) is 5.73 Å². The summed E-state index contributed by atoms with van der Waals surface area (Å²) >= 11 is 0. The van der Waals surface area contributed by atoms with Gasteiger partial charge in [0.2, 0.25) is 0 Å². The Morgan fingerprint density at radius 1 is 1.06 bits per heavy atom. The molecule has 7 heteroatoms. The number of pyridine rings is 2. The molecule has 0 saturated carbocycles. The van der Waals surface area contributed by atoms with Crippen molar-refractivity contribution >= 4 is 5.69 Å². The van der Waals surface area contributed by atoms with Crippen LogP contribution in [0.1, 0.15) is 37.4 Å². The Hall–Kier alpha value is -2.93. The molecule has 0 bridgehead atoms. The monoisotopic (exact) mass is 440 g/mol. The lowest BCUT2D eigenvalue weighted by Crippen LogP contribution is -2.46. The van der Waals surface area contributed by atoms with E-state index in [1.54, 1.807) is 12.3 Å². The van der Waals surface area contributed by atoms with Gasteiger partial charge in [-0.2, -0.15) is 0 Å². The number of rotatable bonds is 5. The van der Waals surface area contributed by atoms with Crippen molar-refractivity contribution < 1.29 is 13.2 Å². The third-order valence-corrected chi connectivity index (χ3v) is 6.01. The molecule has 0 amide bonds. The van der Waals surface area contributed by atoms with Crippen LogP contribution in [-0.4, -0.2) is 29.1 Å². The smallest absolute Gasteiger partial charge is 0.149 e. The highest BCUT2D eigenvalue weighted by Crippen LogP contribution is 2.32. The lowest BCUT2D eigenvalue weighted by atomic mass is 9.93. The minimum atomic E-state index is -0.841. The quantitative estimate of drug-likeness (QED) is 0.601. The Bertz CT molecular complexity index is 1070. The molecule has 1 fully saturated rings. The van der Waals surface area contributed by atoms with Gasteiger partial charge in [0.15, 0.2) is 0 Å². The predicted molar refractivity (Wildman–Crippen MR) is 120 cm³/mol. The number of hydrogen-bond acceptors (Lipinski definition) is 4. The highest BCUT2D eigenvalue weighted by Gasteiger charge is 2.25. The minimum absolute atomic E-state index is 0.120. The van der Waals surface area contributed by atoms with E-state index < -0.39 is 23.0 Å². The summed E-state index contributed by atoms with van der Waals surface area (Å²) in [6.07, 6.45) is 5.20. The van der Waals surface area contributed by atoms with Crippen molar-refractivity contribution in [1.82, 2.24) is 9.97 Å². The van der Waals surface area contributed by atoms with Crippen molar-refractivity contribution in [3.8, 4) is 11.3 Å². The molecule has 168 valence electrons. The van der Waals surface area contributed by atoms with Crippen LogP contribution in [0.3, 0.4) is 0 Å². The van der Waals surface area contributed by atoms with E-state index in [0.29, 0.717) is 18.0 Å². The number of halogens is 3. The standard InChI is InChI=1S/C25H27F3N4/c1-15-10-18(29)14-32(13-15)23-8-9-30-12-17(23)11-16(2)22-7-6-21(28)25(31-22)24-19(26)4-3-5-20(24)27/h3-9,12,15-16,18H,10-11,13-14,29H2,1-2H3/t15-,16?,18+/m1/s1. The Morgan fingerprint density at radius 2 is 1.81 bits per heavy atom. The van der Waals surface area contributed by atoms with Crippen LogP contribution in [0.25, 0.3) is 11.3 Å². The molecule has 4 nitrogen and oxygen atoms in total. The molecule has 0 spiro atoms. The molecule has 1 saturated heterocycles. The van der Waals surface area contributed by atoms with Crippen LogP contribution in [0.2, 0.25) is 0 Å². The third-order valence-electron chi connectivity index (χ3n) is 6.01. The molecule has 1 aromatic carbocycles. The van der Waals surface area contributed by atoms with E-state index in [1.807, 2.05) is 19.2 Å². The zero-order chi connectivity index (χ0) is 22.8. The average molecular weight is 441 g/mol. The first-order chi connectivity index (χ1) is 15.3. The van der Waals surface area contributed by atoms with E-state index in [9.17, 15) is 13.2 Å². The highest BCUT2D eigenvalue weighted by atomic mass is 19.1. The van der Waals surface area contributed by atoms with Crippen molar-refractivity contribution in [2.24, 2.45) is 11.7 Å². The highest BCUT2D eigenvalue weighted by molar-refractivity contribution is 5.62. The molecular weight excluding hydrogens is 413 g/mol. The largest absolute Gasteiger partial charge is 0.369 e. The molecule has 3 atom stereocenters. The van der Waals surface area contributed by atoms with Crippen LogP contribution in [0.4, 0.5) is 18.9 Å². The second kappa shape index (κ2) is 9.28. The number of aromatic nitrogens is 2. The number of nitrogens with two attached hydrogens (primary N) is 1. The maximum atomic E-state index is 14.5. The summed E-state index contributed by atoms with van der Waals surface area (Å²) in [5.41, 5.74) is 8.15. The number of hydrogen-bond donors (Lipinski definition) is 1. The fraction of sp³-hybridized carbons (Fsp3) is 0.360. The van der Waals surface area contributed by atoms with Crippen LogP contribution < -0.4 is 10.6 Å². The van der Waals surface area contributed by atoms with Crippen LogP contribution in [0, 0.1) is 23.4 Å². The van der Waals surface area contributed by atoms with Crippen molar-refractivity contribution in [2.75, 3.05) is 18.0 Å². The number of nitrogens with zero attached hydrogens (tertiary/aromatic N) is 3. The predicted octanol–water partition coefficient (Wildman–Crippen LogP) is 5.08. The number of anilines is 1. The van der Waals surface area contributed by atoms with Crippen molar-refractivity contribution in [1.29, 1.82) is 0 Å². The molecule has 3 aromatic rings.